The second-order valence-electron chi connectivity index (χ2n) is 5.43. The lowest BCUT2D eigenvalue weighted by Gasteiger charge is -2.20. The molecular formula is C13H25N3O4. The van der Waals surface area contributed by atoms with Gasteiger partial charge in [0.2, 0.25) is 5.91 Å². The van der Waals surface area contributed by atoms with Crippen molar-refractivity contribution in [1.82, 2.24) is 16.2 Å². The highest BCUT2D eigenvalue weighted by atomic mass is 16.6. The summed E-state index contributed by atoms with van der Waals surface area (Å²) in [6.45, 7) is 9.19. The first-order valence-corrected chi connectivity index (χ1v) is 6.67. The van der Waals surface area contributed by atoms with E-state index in [1.807, 2.05) is 6.92 Å². The normalized spacial score (nSPS) is 12.4. The number of carbonyl (C=O) groups is 3. The molecule has 2 amide bonds. The average Bonchev–Trinajstić information content (AvgIpc) is 2.29. The SMILES string of the molecule is CCNC(CCC(=O)NNC(=O)OC(C)(C)C)C(C)=O. The van der Waals surface area contributed by atoms with E-state index in [1.54, 1.807) is 20.8 Å². The fourth-order valence-corrected chi connectivity index (χ4v) is 1.46. The van der Waals surface area contributed by atoms with Crippen molar-refractivity contribution in [2.24, 2.45) is 0 Å². The molecule has 7 nitrogen and oxygen atoms in total. The van der Waals surface area contributed by atoms with Crippen LogP contribution in [0.3, 0.4) is 0 Å². The van der Waals surface area contributed by atoms with Crippen LogP contribution in [-0.2, 0) is 14.3 Å². The molecule has 116 valence electrons. The van der Waals surface area contributed by atoms with Gasteiger partial charge in [-0.1, -0.05) is 6.92 Å². The molecule has 0 aromatic carbocycles. The van der Waals surface area contributed by atoms with Crippen LogP contribution in [0.25, 0.3) is 0 Å². The number of Topliss-reactive ketones (excluding diaryl/α,β-unsaturated/α-hetero) is 1. The van der Waals surface area contributed by atoms with Crippen LogP contribution in [-0.4, -0.2) is 36.0 Å². The first-order valence-electron chi connectivity index (χ1n) is 6.67. The summed E-state index contributed by atoms with van der Waals surface area (Å²) >= 11 is 0. The summed E-state index contributed by atoms with van der Waals surface area (Å²) in [6.07, 6.45) is -0.210. The molecule has 0 rings (SSSR count). The van der Waals surface area contributed by atoms with Gasteiger partial charge in [-0.15, -0.1) is 0 Å². The zero-order valence-electron chi connectivity index (χ0n) is 12.8. The molecule has 0 aliphatic rings. The Balaban J connectivity index is 4.00. The van der Waals surface area contributed by atoms with Crippen molar-refractivity contribution in [2.75, 3.05) is 6.54 Å². The summed E-state index contributed by atoms with van der Waals surface area (Å²) in [6, 6.07) is -0.340. The van der Waals surface area contributed by atoms with Gasteiger partial charge in [0, 0.05) is 6.42 Å². The van der Waals surface area contributed by atoms with Crippen LogP contribution >= 0.6 is 0 Å². The zero-order valence-corrected chi connectivity index (χ0v) is 12.8. The lowest BCUT2D eigenvalue weighted by Crippen LogP contribution is -2.45. The number of nitrogens with one attached hydrogen (secondary N) is 3. The minimum absolute atomic E-state index is 0.0141. The number of rotatable bonds is 6. The fraction of sp³-hybridized carbons (Fsp3) is 0.769. The largest absolute Gasteiger partial charge is 0.443 e. The van der Waals surface area contributed by atoms with Crippen LogP contribution in [0.2, 0.25) is 0 Å². The number of amides is 2. The average molecular weight is 287 g/mol. The van der Waals surface area contributed by atoms with Crippen LogP contribution < -0.4 is 16.2 Å². The molecule has 3 N–H and O–H groups in total. The van der Waals surface area contributed by atoms with Crippen molar-refractivity contribution in [2.45, 2.75) is 59.1 Å². The lowest BCUT2D eigenvalue weighted by molar-refractivity contribution is -0.123. The quantitative estimate of drug-likeness (QED) is 0.630. The maximum Gasteiger partial charge on any atom is 0.426 e. The second-order valence-corrected chi connectivity index (χ2v) is 5.43. The van der Waals surface area contributed by atoms with E-state index >= 15 is 0 Å². The van der Waals surface area contributed by atoms with Crippen molar-refractivity contribution in [3.8, 4) is 0 Å². The Hall–Kier alpha value is -1.63. The summed E-state index contributed by atoms with van der Waals surface area (Å²) in [7, 11) is 0. The maximum absolute atomic E-state index is 11.5. The number of ketones is 1. The van der Waals surface area contributed by atoms with Crippen LogP contribution in [0.15, 0.2) is 0 Å². The third-order valence-corrected chi connectivity index (χ3v) is 2.30. The highest BCUT2D eigenvalue weighted by Crippen LogP contribution is 2.06. The molecular weight excluding hydrogens is 262 g/mol. The highest BCUT2D eigenvalue weighted by Gasteiger charge is 2.17. The summed E-state index contributed by atoms with van der Waals surface area (Å²) in [5.41, 5.74) is 3.77. The van der Waals surface area contributed by atoms with Crippen LogP contribution in [0.5, 0.6) is 0 Å². The van der Waals surface area contributed by atoms with Crippen molar-refractivity contribution >= 4 is 17.8 Å². The molecule has 1 atom stereocenters. The Labute approximate surface area is 119 Å². The van der Waals surface area contributed by atoms with Gasteiger partial charge in [0.1, 0.15) is 11.4 Å². The van der Waals surface area contributed by atoms with E-state index in [0.717, 1.165) is 0 Å². The predicted octanol–water partition coefficient (Wildman–Crippen LogP) is 0.890. The Bertz CT molecular complexity index is 350. The van der Waals surface area contributed by atoms with Crippen molar-refractivity contribution < 1.29 is 19.1 Å². The van der Waals surface area contributed by atoms with E-state index in [0.29, 0.717) is 13.0 Å². The third kappa shape index (κ3) is 9.32. The molecule has 0 saturated carbocycles. The molecule has 1 unspecified atom stereocenters. The minimum Gasteiger partial charge on any atom is -0.443 e. The van der Waals surface area contributed by atoms with Gasteiger partial charge in [-0.3, -0.25) is 15.0 Å². The highest BCUT2D eigenvalue weighted by molar-refractivity contribution is 5.83. The van der Waals surface area contributed by atoms with E-state index in [4.69, 9.17) is 4.74 Å². The number of ether oxygens (including phenoxy) is 1. The monoisotopic (exact) mass is 287 g/mol. The molecule has 0 heterocycles. The molecule has 0 spiro atoms. The van der Waals surface area contributed by atoms with Crippen LogP contribution in [0, 0.1) is 0 Å². The van der Waals surface area contributed by atoms with Gasteiger partial charge in [0.05, 0.1) is 6.04 Å². The molecule has 0 saturated heterocycles. The Morgan fingerprint density at radius 2 is 1.75 bits per heavy atom. The van der Waals surface area contributed by atoms with E-state index in [-0.39, 0.29) is 24.2 Å². The number of hydrazine groups is 1. The van der Waals surface area contributed by atoms with Gasteiger partial charge in [-0.25, -0.2) is 10.2 Å². The van der Waals surface area contributed by atoms with Crippen LogP contribution in [0.4, 0.5) is 4.79 Å². The van der Waals surface area contributed by atoms with E-state index in [2.05, 4.69) is 16.2 Å². The number of hydrogen-bond donors (Lipinski definition) is 3. The lowest BCUT2D eigenvalue weighted by atomic mass is 10.1. The van der Waals surface area contributed by atoms with E-state index in [9.17, 15) is 14.4 Å². The minimum atomic E-state index is -0.722. The Kier molecular flexibility index (Phi) is 7.83. The Morgan fingerprint density at radius 3 is 2.20 bits per heavy atom. The molecule has 0 aromatic heterocycles. The van der Waals surface area contributed by atoms with E-state index < -0.39 is 11.7 Å². The van der Waals surface area contributed by atoms with Gasteiger partial charge in [-0.05, 0) is 40.7 Å². The first kappa shape index (κ1) is 18.4. The predicted molar refractivity (Wildman–Crippen MR) is 74.9 cm³/mol. The molecule has 7 heteroatoms. The molecule has 0 fully saturated rings. The van der Waals surface area contributed by atoms with Gasteiger partial charge in [0.25, 0.3) is 0 Å². The summed E-state index contributed by atoms with van der Waals surface area (Å²) in [4.78, 5) is 34.1. The topological polar surface area (TPSA) is 96.5 Å². The number of hydrogen-bond acceptors (Lipinski definition) is 5. The van der Waals surface area contributed by atoms with Crippen LogP contribution in [0.1, 0.15) is 47.5 Å². The molecule has 0 radical (unpaired) electrons. The van der Waals surface area contributed by atoms with Gasteiger partial charge in [0.15, 0.2) is 0 Å². The molecule has 0 aliphatic carbocycles. The van der Waals surface area contributed by atoms with Crippen molar-refractivity contribution in [1.29, 1.82) is 0 Å². The smallest absolute Gasteiger partial charge is 0.426 e. The van der Waals surface area contributed by atoms with E-state index in [1.165, 1.54) is 6.92 Å². The van der Waals surface area contributed by atoms with Crippen molar-refractivity contribution in [3.63, 3.8) is 0 Å². The van der Waals surface area contributed by atoms with Crippen molar-refractivity contribution in [3.05, 3.63) is 0 Å². The summed E-state index contributed by atoms with van der Waals surface area (Å²) < 4.78 is 4.96. The van der Waals surface area contributed by atoms with Gasteiger partial charge < -0.3 is 10.1 Å². The number of likely N-dealkylation sites (N-methyl/N-ethyl adjacent to an activating group) is 1. The molecule has 0 aliphatic heterocycles. The third-order valence-electron chi connectivity index (χ3n) is 2.30. The maximum atomic E-state index is 11.5. The fourth-order valence-electron chi connectivity index (χ4n) is 1.46. The zero-order chi connectivity index (χ0) is 15.8. The summed E-state index contributed by atoms with van der Waals surface area (Å²) in [5.74, 6) is -0.389. The second kappa shape index (κ2) is 8.52. The summed E-state index contributed by atoms with van der Waals surface area (Å²) in [5, 5.41) is 2.99. The number of carbonyl (C=O) groups excluding carboxylic acids is 3. The van der Waals surface area contributed by atoms with Gasteiger partial charge >= 0.3 is 6.09 Å². The Morgan fingerprint density at radius 1 is 1.15 bits per heavy atom. The molecule has 0 bridgehead atoms. The molecule has 20 heavy (non-hydrogen) atoms. The standard InChI is InChI=1S/C13H25N3O4/c1-6-14-10(9(2)17)7-8-11(18)15-16-12(19)20-13(3,4)5/h10,14H,6-8H2,1-5H3,(H,15,18)(H,16,19). The van der Waals surface area contributed by atoms with Gasteiger partial charge in [-0.2, -0.15) is 0 Å². The molecule has 0 aromatic rings. The first-order chi connectivity index (χ1) is 9.15.